The van der Waals surface area contributed by atoms with Crippen LogP contribution in [-0.4, -0.2) is 38.9 Å². The lowest BCUT2D eigenvalue weighted by molar-refractivity contribution is -0.385. The average Bonchev–Trinajstić information content (AvgIpc) is 3.36. The molecule has 3 heterocycles. The highest BCUT2D eigenvalue weighted by atomic mass is 19.4. The largest absolute Gasteiger partial charge is 0.416 e. The number of non-ortho nitro benzene ring substituents is 1. The van der Waals surface area contributed by atoms with Crippen LogP contribution in [0.2, 0.25) is 0 Å². The molecule has 1 aliphatic rings. The fourth-order valence-electron chi connectivity index (χ4n) is 3.77. The van der Waals surface area contributed by atoms with Crippen molar-refractivity contribution in [2.24, 2.45) is 0 Å². The maximum Gasteiger partial charge on any atom is 0.416 e. The molecule has 2 aromatic heterocycles. The van der Waals surface area contributed by atoms with E-state index in [1.807, 2.05) is 0 Å². The molecule has 3 aromatic rings. The summed E-state index contributed by atoms with van der Waals surface area (Å²) in [6.45, 7) is 3.18. The SMILES string of the molecule is CCC(=O)Nc1nc(NCc2cc([N+](=O)[O-])cc(C(F)(F)F)c2)c2cc(N3CCCC3)ncc2n1. The molecule has 35 heavy (non-hydrogen) atoms. The van der Waals surface area contributed by atoms with Crippen molar-refractivity contribution in [1.29, 1.82) is 0 Å². The van der Waals surface area contributed by atoms with Crippen LogP contribution in [0.4, 0.5) is 36.4 Å². The summed E-state index contributed by atoms with van der Waals surface area (Å²) in [5, 5.41) is 17.2. The summed E-state index contributed by atoms with van der Waals surface area (Å²) in [6.07, 6.45) is -0.914. The van der Waals surface area contributed by atoms with E-state index in [1.54, 1.807) is 19.2 Å². The number of nitrogens with zero attached hydrogens (tertiary/aromatic N) is 5. The molecule has 0 aliphatic carbocycles. The number of fused-ring (bicyclic) bond motifs is 1. The second-order valence-electron chi connectivity index (χ2n) is 8.05. The first-order chi connectivity index (χ1) is 16.6. The third kappa shape index (κ3) is 5.55. The molecule has 0 radical (unpaired) electrons. The Balaban J connectivity index is 1.72. The molecule has 1 saturated heterocycles. The van der Waals surface area contributed by atoms with Gasteiger partial charge in [0.05, 0.1) is 22.2 Å². The van der Waals surface area contributed by atoms with Gasteiger partial charge in [-0.15, -0.1) is 0 Å². The number of halogens is 3. The van der Waals surface area contributed by atoms with Crippen molar-refractivity contribution in [1.82, 2.24) is 15.0 Å². The number of benzene rings is 1. The zero-order chi connectivity index (χ0) is 25.2. The zero-order valence-corrected chi connectivity index (χ0v) is 18.7. The van der Waals surface area contributed by atoms with Crippen LogP contribution in [0.15, 0.2) is 30.5 Å². The Morgan fingerprint density at radius 3 is 2.57 bits per heavy atom. The quantitative estimate of drug-likeness (QED) is 0.367. The summed E-state index contributed by atoms with van der Waals surface area (Å²) in [4.78, 5) is 37.4. The molecule has 2 N–H and O–H groups in total. The minimum atomic E-state index is -4.74. The number of aromatic nitrogens is 3. The topological polar surface area (TPSA) is 126 Å². The molecule has 13 heteroatoms. The van der Waals surface area contributed by atoms with E-state index < -0.39 is 22.4 Å². The lowest BCUT2D eigenvalue weighted by Crippen LogP contribution is -2.19. The lowest BCUT2D eigenvalue weighted by Gasteiger charge is -2.18. The second-order valence-corrected chi connectivity index (χ2v) is 8.05. The van der Waals surface area contributed by atoms with Crippen LogP contribution < -0.4 is 15.5 Å². The molecule has 0 unspecified atom stereocenters. The van der Waals surface area contributed by atoms with Gasteiger partial charge in [0.2, 0.25) is 11.9 Å². The van der Waals surface area contributed by atoms with Crippen LogP contribution in [0.1, 0.15) is 37.3 Å². The van der Waals surface area contributed by atoms with Gasteiger partial charge in [-0.2, -0.15) is 18.2 Å². The van der Waals surface area contributed by atoms with Gasteiger partial charge in [-0.05, 0) is 30.5 Å². The number of carbonyl (C=O) groups excluding carboxylic acids is 1. The molecule has 1 amide bonds. The molecule has 4 rings (SSSR count). The fourth-order valence-corrected chi connectivity index (χ4v) is 3.77. The summed E-state index contributed by atoms with van der Waals surface area (Å²) in [5.41, 5.74) is -1.31. The van der Waals surface area contributed by atoms with E-state index >= 15 is 0 Å². The van der Waals surface area contributed by atoms with Crippen LogP contribution in [0, 0.1) is 10.1 Å². The van der Waals surface area contributed by atoms with Gasteiger partial charge in [-0.1, -0.05) is 6.92 Å². The number of nitrogens with one attached hydrogen (secondary N) is 2. The van der Waals surface area contributed by atoms with Crippen LogP contribution in [0.3, 0.4) is 0 Å². The number of amides is 1. The molecular formula is C22H22F3N7O3. The molecule has 10 nitrogen and oxygen atoms in total. The van der Waals surface area contributed by atoms with Gasteiger partial charge in [-0.3, -0.25) is 20.2 Å². The Kier molecular flexibility index (Phi) is 6.67. The van der Waals surface area contributed by atoms with Crippen molar-refractivity contribution < 1.29 is 22.9 Å². The lowest BCUT2D eigenvalue weighted by atomic mass is 10.1. The number of nitro groups is 1. The highest BCUT2D eigenvalue weighted by molar-refractivity contribution is 5.94. The summed E-state index contributed by atoms with van der Waals surface area (Å²) >= 11 is 0. The highest BCUT2D eigenvalue weighted by Crippen LogP contribution is 2.33. The van der Waals surface area contributed by atoms with Crippen LogP contribution >= 0.6 is 0 Å². The van der Waals surface area contributed by atoms with E-state index in [0.29, 0.717) is 22.8 Å². The van der Waals surface area contributed by atoms with Crippen LogP contribution in [0.5, 0.6) is 0 Å². The van der Waals surface area contributed by atoms with E-state index in [9.17, 15) is 28.1 Å². The Bertz CT molecular complexity index is 1280. The first-order valence-corrected chi connectivity index (χ1v) is 11.0. The molecule has 0 saturated carbocycles. The normalized spacial score (nSPS) is 13.8. The molecule has 1 aliphatic heterocycles. The van der Waals surface area contributed by atoms with Gasteiger partial charge < -0.3 is 10.2 Å². The zero-order valence-electron chi connectivity index (χ0n) is 18.7. The van der Waals surface area contributed by atoms with Gasteiger partial charge in [-0.25, -0.2) is 9.97 Å². The van der Waals surface area contributed by atoms with Gasteiger partial charge in [0, 0.05) is 43.6 Å². The van der Waals surface area contributed by atoms with Gasteiger partial charge >= 0.3 is 6.18 Å². The molecule has 0 spiro atoms. The first kappa shape index (κ1) is 24.1. The maximum atomic E-state index is 13.3. The third-order valence-electron chi connectivity index (χ3n) is 5.55. The Morgan fingerprint density at radius 2 is 1.91 bits per heavy atom. The number of pyridine rings is 1. The molecule has 1 aromatic carbocycles. The van der Waals surface area contributed by atoms with Gasteiger partial charge in [0.25, 0.3) is 5.69 Å². The Hall–Kier alpha value is -4.03. The van der Waals surface area contributed by atoms with Crippen LogP contribution in [0.25, 0.3) is 10.9 Å². The number of anilines is 3. The van der Waals surface area contributed by atoms with E-state index in [0.717, 1.165) is 38.1 Å². The number of hydrogen-bond acceptors (Lipinski definition) is 8. The summed E-state index contributed by atoms with van der Waals surface area (Å²) in [5.74, 6) is 0.661. The maximum absolute atomic E-state index is 13.3. The van der Waals surface area contributed by atoms with E-state index in [2.05, 4.69) is 30.5 Å². The van der Waals surface area contributed by atoms with Crippen molar-refractivity contribution in [3.8, 4) is 0 Å². The number of hydrogen-bond donors (Lipinski definition) is 2. The van der Waals surface area contributed by atoms with E-state index in [-0.39, 0.29) is 36.2 Å². The molecule has 0 atom stereocenters. The van der Waals surface area contributed by atoms with Gasteiger partial charge in [0.15, 0.2) is 0 Å². The van der Waals surface area contributed by atoms with E-state index in [4.69, 9.17) is 0 Å². The highest BCUT2D eigenvalue weighted by Gasteiger charge is 2.32. The minimum Gasteiger partial charge on any atom is -0.365 e. The average molecular weight is 489 g/mol. The van der Waals surface area contributed by atoms with E-state index in [1.165, 1.54) is 0 Å². The number of nitro benzene ring substituents is 1. The van der Waals surface area contributed by atoms with Crippen molar-refractivity contribution in [2.75, 3.05) is 28.6 Å². The third-order valence-corrected chi connectivity index (χ3v) is 5.55. The summed E-state index contributed by atoms with van der Waals surface area (Å²) < 4.78 is 39.8. The monoisotopic (exact) mass is 489 g/mol. The number of alkyl halides is 3. The summed E-state index contributed by atoms with van der Waals surface area (Å²) in [6, 6.07) is 4.20. The van der Waals surface area contributed by atoms with Crippen molar-refractivity contribution in [3.05, 3.63) is 51.7 Å². The van der Waals surface area contributed by atoms with Crippen LogP contribution in [-0.2, 0) is 17.5 Å². The predicted octanol–water partition coefficient (Wildman–Crippen LogP) is 4.51. The van der Waals surface area contributed by atoms with Crippen molar-refractivity contribution in [2.45, 2.75) is 38.9 Å². The minimum absolute atomic E-state index is 0.0117. The molecule has 184 valence electrons. The number of rotatable bonds is 7. The molecule has 0 bridgehead atoms. The standard InChI is InChI=1S/C22H22F3N7O3/c1-2-19(33)29-21-28-17-12-26-18(31-5-3-4-6-31)10-16(17)20(30-21)27-11-13-7-14(22(23,24)25)9-15(8-13)32(34)35/h7-10,12H,2-6,11H2,1H3,(H2,27,28,29,30,33). The molecule has 1 fully saturated rings. The Morgan fingerprint density at radius 1 is 1.17 bits per heavy atom. The van der Waals surface area contributed by atoms with Gasteiger partial charge in [0.1, 0.15) is 11.6 Å². The van der Waals surface area contributed by atoms with Crippen molar-refractivity contribution in [3.63, 3.8) is 0 Å². The molecular weight excluding hydrogens is 467 g/mol. The Labute approximate surface area is 197 Å². The van der Waals surface area contributed by atoms with Crippen molar-refractivity contribution >= 4 is 40.1 Å². The smallest absolute Gasteiger partial charge is 0.365 e. The predicted molar refractivity (Wildman–Crippen MR) is 123 cm³/mol. The number of carbonyl (C=O) groups is 1. The first-order valence-electron chi connectivity index (χ1n) is 11.0. The second kappa shape index (κ2) is 9.68. The summed E-state index contributed by atoms with van der Waals surface area (Å²) in [7, 11) is 0. The fraction of sp³-hybridized carbons (Fsp3) is 0.364.